The Bertz CT molecular complexity index is 1230. The predicted octanol–water partition coefficient (Wildman–Crippen LogP) is 7.66. The van der Waals surface area contributed by atoms with Gasteiger partial charge in [0.15, 0.2) is 0 Å². The van der Waals surface area contributed by atoms with Crippen LogP contribution in [0, 0.1) is 11.6 Å². The van der Waals surface area contributed by atoms with E-state index in [0.717, 1.165) is 80.8 Å². The molecule has 1 aliphatic carbocycles. The fraction of sp³-hybridized carbons (Fsp3) is 0.417. The molecule has 2 aliphatic rings. The largest absolute Gasteiger partial charge is 0.369 e. The van der Waals surface area contributed by atoms with E-state index in [0.29, 0.717) is 12.6 Å². The molecule has 0 radical (unpaired) electrons. The Morgan fingerprint density at radius 2 is 1.40 bits per heavy atom. The number of amides is 1. The summed E-state index contributed by atoms with van der Waals surface area (Å²) in [7, 11) is 0. The van der Waals surface area contributed by atoms with Crippen LogP contribution in [-0.4, -0.2) is 61.0 Å². The van der Waals surface area contributed by atoms with Crippen LogP contribution in [0.1, 0.15) is 72.3 Å². The van der Waals surface area contributed by atoms with Crippen LogP contribution in [0.2, 0.25) is 0 Å². The molecule has 42 heavy (non-hydrogen) atoms. The number of hydrogen-bond donors (Lipinski definition) is 0. The summed E-state index contributed by atoms with van der Waals surface area (Å²) in [4.78, 5) is 20.3. The average Bonchev–Trinajstić information content (AvgIpc) is 3.04. The average molecular weight is 572 g/mol. The normalized spacial score (nSPS) is 16.5. The van der Waals surface area contributed by atoms with Gasteiger partial charge in [-0.15, -0.1) is 6.58 Å². The molecule has 1 heterocycles. The predicted molar refractivity (Wildman–Crippen MR) is 167 cm³/mol. The van der Waals surface area contributed by atoms with Gasteiger partial charge < -0.3 is 9.80 Å². The smallest absolute Gasteiger partial charge is 0.254 e. The SMILES string of the molecule is C=CCN(C(=O)c1ccc(N2CCN(CCCC(c3ccc(F)cc3)c3ccc(F)cc3)CC2)cc1)C1CCCCC1. The summed E-state index contributed by atoms with van der Waals surface area (Å²) in [5.74, 6) is -0.276. The van der Waals surface area contributed by atoms with E-state index in [1.54, 1.807) is 0 Å². The van der Waals surface area contributed by atoms with Crippen molar-refractivity contribution in [2.45, 2.75) is 56.9 Å². The molecular weight excluding hydrogens is 528 g/mol. The van der Waals surface area contributed by atoms with E-state index in [9.17, 15) is 13.6 Å². The highest BCUT2D eigenvalue weighted by atomic mass is 19.1. The van der Waals surface area contributed by atoms with Gasteiger partial charge >= 0.3 is 0 Å². The van der Waals surface area contributed by atoms with E-state index in [-0.39, 0.29) is 23.5 Å². The molecule has 222 valence electrons. The second kappa shape index (κ2) is 14.6. The maximum atomic E-state index is 13.6. The second-order valence-electron chi connectivity index (χ2n) is 11.7. The Kier molecular flexibility index (Phi) is 10.4. The molecule has 5 rings (SSSR count). The van der Waals surface area contributed by atoms with Crippen molar-refractivity contribution in [2.24, 2.45) is 0 Å². The fourth-order valence-corrected chi connectivity index (χ4v) is 6.57. The number of halogens is 2. The minimum absolute atomic E-state index is 0.106. The lowest BCUT2D eigenvalue weighted by molar-refractivity contribution is 0.0663. The molecule has 4 nitrogen and oxygen atoms in total. The first-order valence-corrected chi connectivity index (χ1v) is 15.5. The molecule has 0 bridgehead atoms. The van der Waals surface area contributed by atoms with Crippen LogP contribution < -0.4 is 4.90 Å². The van der Waals surface area contributed by atoms with Crippen LogP contribution in [0.3, 0.4) is 0 Å². The summed E-state index contributed by atoms with van der Waals surface area (Å²) >= 11 is 0. The van der Waals surface area contributed by atoms with Gasteiger partial charge in [0.2, 0.25) is 0 Å². The summed E-state index contributed by atoms with van der Waals surface area (Å²) in [6.45, 7) is 9.31. The Morgan fingerprint density at radius 1 is 0.833 bits per heavy atom. The quantitative estimate of drug-likeness (QED) is 0.221. The molecule has 0 N–H and O–H groups in total. The zero-order valence-corrected chi connectivity index (χ0v) is 24.6. The molecule has 2 fully saturated rings. The van der Waals surface area contributed by atoms with E-state index < -0.39 is 0 Å². The molecule has 0 unspecified atom stereocenters. The number of nitrogens with zero attached hydrogens (tertiary/aromatic N) is 3. The summed E-state index contributed by atoms with van der Waals surface area (Å²) in [5, 5.41) is 0. The first kappa shape index (κ1) is 30.0. The summed E-state index contributed by atoms with van der Waals surface area (Å²) in [6, 6.07) is 21.8. The van der Waals surface area contributed by atoms with Crippen LogP contribution >= 0.6 is 0 Å². The second-order valence-corrected chi connectivity index (χ2v) is 11.7. The number of hydrogen-bond acceptors (Lipinski definition) is 3. The summed E-state index contributed by atoms with van der Waals surface area (Å²) < 4.78 is 27.1. The minimum atomic E-state index is -0.246. The molecule has 0 aromatic heterocycles. The lowest BCUT2D eigenvalue weighted by Crippen LogP contribution is -2.46. The number of piperazine rings is 1. The molecule has 0 spiro atoms. The zero-order chi connectivity index (χ0) is 29.3. The van der Waals surface area contributed by atoms with Crippen LogP contribution in [-0.2, 0) is 0 Å². The van der Waals surface area contributed by atoms with Crippen LogP contribution in [0.25, 0.3) is 0 Å². The van der Waals surface area contributed by atoms with Gasteiger partial charge in [-0.1, -0.05) is 49.6 Å². The van der Waals surface area contributed by atoms with Gasteiger partial charge in [0, 0.05) is 55.9 Å². The molecule has 3 aromatic rings. The van der Waals surface area contributed by atoms with Crippen molar-refractivity contribution in [3.05, 3.63) is 114 Å². The van der Waals surface area contributed by atoms with Crippen molar-refractivity contribution in [1.29, 1.82) is 0 Å². The van der Waals surface area contributed by atoms with Crippen molar-refractivity contribution in [3.63, 3.8) is 0 Å². The third kappa shape index (κ3) is 7.65. The van der Waals surface area contributed by atoms with Crippen molar-refractivity contribution in [2.75, 3.05) is 44.2 Å². The third-order valence-corrected chi connectivity index (χ3v) is 8.97. The maximum absolute atomic E-state index is 13.6. The van der Waals surface area contributed by atoms with E-state index in [2.05, 4.69) is 28.5 Å². The van der Waals surface area contributed by atoms with Gasteiger partial charge in [0.25, 0.3) is 5.91 Å². The van der Waals surface area contributed by atoms with Crippen molar-refractivity contribution < 1.29 is 13.6 Å². The van der Waals surface area contributed by atoms with Crippen molar-refractivity contribution in [3.8, 4) is 0 Å². The number of carbonyl (C=O) groups excluding carboxylic acids is 1. The molecule has 0 atom stereocenters. The van der Waals surface area contributed by atoms with Gasteiger partial charge in [-0.25, -0.2) is 8.78 Å². The minimum Gasteiger partial charge on any atom is -0.369 e. The number of carbonyl (C=O) groups is 1. The van der Waals surface area contributed by atoms with Gasteiger partial charge in [-0.05, 0) is 91.9 Å². The first-order chi connectivity index (χ1) is 20.5. The van der Waals surface area contributed by atoms with E-state index in [1.165, 1.54) is 43.5 Å². The molecule has 1 saturated heterocycles. The molecule has 1 amide bonds. The Hall–Kier alpha value is -3.51. The van der Waals surface area contributed by atoms with Gasteiger partial charge in [0.05, 0.1) is 0 Å². The van der Waals surface area contributed by atoms with Crippen molar-refractivity contribution >= 4 is 11.6 Å². The van der Waals surface area contributed by atoms with Crippen LogP contribution in [0.4, 0.5) is 14.5 Å². The highest BCUT2D eigenvalue weighted by Gasteiger charge is 2.26. The standard InChI is InChI=1S/C36H43F2N3O/c1-2-22-41(34-7-4-3-5-8-34)36(42)30-14-20-33(21-15-30)40-26-24-39(25-27-40)23-6-9-35(28-10-16-31(37)17-11-28)29-12-18-32(38)19-13-29/h2,10-21,34-35H,1,3-9,22-27H2. The molecule has 6 heteroatoms. The lowest BCUT2D eigenvalue weighted by atomic mass is 9.87. The number of benzene rings is 3. The van der Waals surface area contributed by atoms with Crippen molar-refractivity contribution in [1.82, 2.24) is 9.80 Å². The molecule has 3 aromatic carbocycles. The molecule has 1 aliphatic heterocycles. The van der Waals surface area contributed by atoms with Crippen LogP contribution in [0.15, 0.2) is 85.5 Å². The van der Waals surface area contributed by atoms with Gasteiger partial charge in [-0.2, -0.15) is 0 Å². The van der Waals surface area contributed by atoms with Gasteiger partial charge in [0.1, 0.15) is 11.6 Å². The van der Waals surface area contributed by atoms with E-state index in [1.807, 2.05) is 47.4 Å². The topological polar surface area (TPSA) is 26.8 Å². The molecular formula is C36H43F2N3O. The monoisotopic (exact) mass is 571 g/mol. The molecule has 1 saturated carbocycles. The van der Waals surface area contributed by atoms with E-state index in [4.69, 9.17) is 0 Å². The van der Waals surface area contributed by atoms with E-state index >= 15 is 0 Å². The first-order valence-electron chi connectivity index (χ1n) is 15.5. The zero-order valence-electron chi connectivity index (χ0n) is 24.6. The summed E-state index contributed by atoms with van der Waals surface area (Å²) in [5.41, 5.74) is 4.02. The lowest BCUT2D eigenvalue weighted by Gasteiger charge is -2.36. The maximum Gasteiger partial charge on any atom is 0.254 e. The van der Waals surface area contributed by atoms with Crippen LogP contribution in [0.5, 0.6) is 0 Å². The number of anilines is 1. The van der Waals surface area contributed by atoms with Gasteiger partial charge in [-0.3, -0.25) is 9.69 Å². The Labute approximate surface area is 249 Å². The Balaban J connectivity index is 1.12. The highest BCUT2D eigenvalue weighted by molar-refractivity contribution is 5.95. The number of rotatable bonds is 11. The Morgan fingerprint density at radius 3 is 1.95 bits per heavy atom. The fourth-order valence-electron chi connectivity index (χ4n) is 6.57. The summed E-state index contributed by atoms with van der Waals surface area (Å²) in [6.07, 6.45) is 9.57. The highest BCUT2D eigenvalue weighted by Crippen LogP contribution is 2.30. The third-order valence-electron chi connectivity index (χ3n) is 8.97.